The zero-order valence-electron chi connectivity index (χ0n) is 11.7. The van der Waals surface area contributed by atoms with Crippen molar-refractivity contribution >= 4 is 11.9 Å². The van der Waals surface area contributed by atoms with E-state index in [0.717, 1.165) is 16.9 Å². The van der Waals surface area contributed by atoms with Crippen LogP contribution in [0.4, 0.5) is 0 Å². The van der Waals surface area contributed by atoms with Gasteiger partial charge in [-0.2, -0.15) is 0 Å². The molecule has 0 spiro atoms. The highest BCUT2D eigenvalue weighted by Crippen LogP contribution is 2.57. The molecule has 4 heteroatoms. The monoisotopic (exact) mass is 260 g/mol. The van der Waals surface area contributed by atoms with Gasteiger partial charge in [-0.15, -0.1) is 0 Å². The highest BCUT2D eigenvalue weighted by molar-refractivity contribution is 6.16. The topological polar surface area (TPSA) is 52.6 Å². The molecule has 1 aliphatic carbocycles. The largest absolute Gasteiger partial charge is 0.487 e. The first-order valence-corrected chi connectivity index (χ1v) is 6.30. The van der Waals surface area contributed by atoms with Gasteiger partial charge >= 0.3 is 11.9 Å². The van der Waals surface area contributed by atoms with E-state index in [1.165, 1.54) is 0 Å². The molecule has 0 bridgehead atoms. The van der Waals surface area contributed by atoms with Gasteiger partial charge in [0.15, 0.2) is 0 Å². The molecule has 2 aliphatic heterocycles. The molecule has 0 aromatic rings. The predicted octanol–water partition coefficient (Wildman–Crippen LogP) is 2.42. The van der Waals surface area contributed by atoms with Crippen molar-refractivity contribution in [1.82, 2.24) is 0 Å². The Morgan fingerprint density at radius 2 is 1.68 bits per heavy atom. The van der Waals surface area contributed by atoms with Crippen LogP contribution in [0.3, 0.4) is 0 Å². The van der Waals surface area contributed by atoms with E-state index < -0.39 is 23.0 Å². The minimum Gasteiger partial charge on any atom is -0.487 e. The van der Waals surface area contributed by atoms with Crippen LogP contribution in [0.5, 0.6) is 0 Å². The maximum Gasteiger partial charge on any atom is 0.346 e. The summed E-state index contributed by atoms with van der Waals surface area (Å²) in [5.41, 5.74) is 1.34. The van der Waals surface area contributed by atoms with Gasteiger partial charge in [-0.3, -0.25) is 0 Å². The van der Waals surface area contributed by atoms with Gasteiger partial charge in [0.25, 0.3) is 0 Å². The number of carbonyl (C=O) groups excluding carboxylic acids is 2. The van der Waals surface area contributed by atoms with Gasteiger partial charge in [0.05, 0.1) is 16.9 Å². The van der Waals surface area contributed by atoms with Gasteiger partial charge in [-0.05, 0) is 32.4 Å². The van der Waals surface area contributed by atoms with E-state index in [2.05, 4.69) is 0 Å². The number of rotatable bonds is 0. The Morgan fingerprint density at radius 1 is 1.05 bits per heavy atom. The average molecular weight is 260 g/mol. The maximum atomic E-state index is 12.0. The summed E-state index contributed by atoms with van der Waals surface area (Å²) in [6.45, 7) is 9.52. The Morgan fingerprint density at radius 3 is 2.32 bits per heavy atom. The molecule has 0 fully saturated rings. The van der Waals surface area contributed by atoms with Crippen LogP contribution in [0, 0.1) is 5.41 Å². The molecule has 4 nitrogen and oxygen atoms in total. The molecule has 3 aliphatic rings. The lowest BCUT2D eigenvalue weighted by Gasteiger charge is -2.45. The van der Waals surface area contributed by atoms with Crippen molar-refractivity contribution in [1.29, 1.82) is 0 Å². The summed E-state index contributed by atoms with van der Waals surface area (Å²) in [6.07, 6.45) is 1.94. The van der Waals surface area contributed by atoms with Crippen LogP contribution in [0.25, 0.3) is 0 Å². The number of hydrogen-bond acceptors (Lipinski definition) is 4. The van der Waals surface area contributed by atoms with Crippen molar-refractivity contribution < 1.29 is 19.1 Å². The molecule has 0 N–H and O–H groups in total. The number of fused-ring (bicyclic) bond motifs is 1. The Balaban J connectivity index is 2.36. The van der Waals surface area contributed by atoms with Crippen LogP contribution in [0.15, 0.2) is 34.1 Å². The third-order valence-electron chi connectivity index (χ3n) is 4.67. The molecule has 0 saturated carbocycles. The predicted molar refractivity (Wildman–Crippen MR) is 67.9 cm³/mol. The first kappa shape index (κ1) is 12.2. The minimum atomic E-state index is -0.635. The molecule has 0 aromatic carbocycles. The molecule has 1 atom stereocenters. The lowest BCUT2D eigenvalue weighted by Crippen LogP contribution is -2.48. The van der Waals surface area contributed by atoms with Gasteiger partial charge in [-0.25, -0.2) is 9.59 Å². The van der Waals surface area contributed by atoms with E-state index in [-0.39, 0.29) is 0 Å². The fourth-order valence-corrected chi connectivity index (χ4v) is 3.35. The Hall–Kier alpha value is -1.84. The quantitative estimate of drug-likeness (QED) is 0.496. The number of cyclic esters (lactones) is 2. The van der Waals surface area contributed by atoms with Crippen LogP contribution in [0.2, 0.25) is 0 Å². The Kier molecular flexibility index (Phi) is 2.04. The van der Waals surface area contributed by atoms with Crippen LogP contribution >= 0.6 is 0 Å². The summed E-state index contributed by atoms with van der Waals surface area (Å²) in [7, 11) is 0. The van der Waals surface area contributed by atoms with Gasteiger partial charge in [0.2, 0.25) is 0 Å². The number of hydrogen-bond donors (Lipinski definition) is 0. The van der Waals surface area contributed by atoms with E-state index >= 15 is 0 Å². The van der Waals surface area contributed by atoms with E-state index in [1.54, 1.807) is 0 Å². The lowest BCUT2D eigenvalue weighted by atomic mass is 9.61. The normalized spacial score (nSPS) is 31.9. The van der Waals surface area contributed by atoms with Crippen molar-refractivity contribution in [3.63, 3.8) is 0 Å². The standard InChI is InChI=1S/C15H16O4/c1-7-6-9-8(2)10-11(13(17)18-12(10)16)14(3,4)15(9,5)19-7/h6H,1-5H3/t15-/m0/s1. The van der Waals surface area contributed by atoms with Crippen molar-refractivity contribution in [2.24, 2.45) is 5.41 Å². The molecular weight excluding hydrogens is 244 g/mol. The molecule has 0 radical (unpaired) electrons. The second-order valence-corrected chi connectivity index (χ2v) is 5.98. The molecule has 0 unspecified atom stereocenters. The third kappa shape index (κ3) is 1.19. The summed E-state index contributed by atoms with van der Waals surface area (Å²) in [4.78, 5) is 23.9. The molecule has 0 amide bonds. The smallest absolute Gasteiger partial charge is 0.346 e. The van der Waals surface area contributed by atoms with Crippen molar-refractivity contribution in [2.75, 3.05) is 0 Å². The van der Waals surface area contributed by atoms with E-state index in [0.29, 0.717) is 11.1 Å². The summed E-state index contributed by atoms with van der Waals surface area (Å²) >= 11 is 0. The highest BCUT2D eigenvalue weighted by atomic mass is 16.6. The second-order valence-electron chi connectivity index (χ2n) is 5.98. The first-order valence-electron chi connectivity index (χ1n) is 6.30. The zero-order chi connectivity index (χ0) is 14.2. The van der Waals surface area contributed by atoms with E-state index in [1.807, 2.05) is 40.7 Å². The van der Waals surface area contributed by atoms with E-state index in [9.17, 15) is 9.59 Å². The van der Waals surface area contributed by atoms with Crippen LogP contribution in [-0.2, 0) is 19.1 Å². The average Bonchev–Trinajstić information content (AvgIpc) is 2.75. The molecule has 0 aromatic heterocycles. The van der Waals surface area contributed by atoms with Crippen molar-refractivity contribution in [2.45, 2.75) is 40.2 Å². The van der Waals surface area contributed by atoms with Gasteiger partial charge in [0, 0.05) is 11.0 Å². The summed E-state index contributed by atoms with van der Waals surface area (Å²) in [5, 5.41) is 0. The fraction of sp³-hybridized carbons (Fsp3) is 0.467. The molecular formula is C15H16O4. The summed E-state index contributed by atoms with van der Waals surface area (Å²) < 4.78 is 10.8. The van der Waals surface area contributed by atoms with Gasteiger partial charge in [0.1, 0.15) is 5.60 Å². The van der Waals surface area contributed by atoms with Gasteiger partial charge < -0.3 is 9.47 Å². The third-order valence-corrected chi connectivity index (χ3v) is 4.67. The number of allylic oxidation sites excluding steroid dienone is 1. The highest BCUT2D eigenvalue weighted by Gasteiger charge is 2.59. The molecule has 100 valence electrons. The molecule has 19 heavy (non-hydrogen) atoms. The number of ether oxygens (including phenoxy) is 2. The lowest BCUT2D eigenvalue weighted by molar-refractivity contribution is -0.152. The van der Waals surface area contributed by atoms with Crippen LogP contribution in [-0.4, -0.2) is 17.5 Å². The maximum absolute atomic E-state index is 12.0. The Labute approximate surface area is 111 Å². The number of carbonyl (C=O) groups is 2. The fourth-order valence-electron chi connectivity index (χ4n) is 3.35. The van der Waals surface area contributed by atoms with Crippen LogP contribution < -0.4 is 0 Å². The second kappa shape index (κ2) is 3.18. The number of esters is 2. The molecule has 0 saturated heterocycles. The summed E-state index contributed by atoms with van der Waals surface area (Å²) in [5.74, 6) is -0.289. The zero-order valence-corrected chi connectivity index (χ0v) is 11.7. The first-order chi connectivity index (χ1) is 8.70. The minimum absolute atomic E-state index is 0.414. The molecule has 3 rings (SSSR count). The SMILES string of the molecule is CC1=CC2=C(C)C3=C(C(=O)OC3=O)C(C)(C)[C@@]2(C)O1. The van der Waals surface area contributed by atoms with E-state index in [4.69, 9.17) is 9.47 Å². The van der Waals surface area contributed by atoms with Crippen molar-refractivity contribution in [3.8, 4) is 0 Å². The molecule has 2 heterocycles. The Bertz CT molecular complexity index is 631. The van der Waals surface area contributed by atoms with Crippen molar-refractivity contribution in [3.05, 3.63) is 34.1 Å². The summed E-state index contributed by atoms with van der Waals surface area (Å²) in [6, 6.07) is 0. The van der Waals surface area contributed by atoms with Crippen LogP contribution in [0.1, 0.15) is 34.6 Å². The van der Waals surface area contributed by atoms with Gasteiger partial charge in [-0.1, -0.05) is 13.8 Å².